The summed E-state index contributed by atoms with van der Waals surface area (Å²) in [5.74, 6) is -0.159. The molecule has 1 aromatic carbocycles. The van der Waals surface area contributed by atoms with Crippen molar-refractivity contribution >= 4 is 39.7 Å². The molecule has 9 heteroatoms. The van der Waals surface area contributed by atoms with Crippen molar-refractivity contribution < 1.29 is 18.7 Å². The molecule has 22 heavy (non-hydrogen) atoms. The van der Waals surface area contributed by atoms with Crippen LogP contribution in [-0.2, 0) is 9.53 Å². The summed E-state index contributed by atoms with van der Waals surface area (Å²) in [6, 6.07) is 7.42. The van der Waals surface area contributed by atoms with Gasteiger partial charge < -0.3 is 9.15 Å². The molecule has 0 unspecified atom stereocenters. The van der Waals surface area contributed by atoms with Crippen molar-refractivity contribution in [3.8, 4) is 11.5 Å². The van der Waals surface area contributed by atoms with Gasteiger partial charge in [0.2, 0.25) is 11.8 Å². The Morgan fingerprint density at radius 3 is 2.77 bits per heavy atom. The molecule has 2 amide bonds. The highest BCUT2D eigenvalue weighted by Crippen LogP contribution is 2.30. The van der Waals surface area contributed by atoms with E-state index in [9.17, 15) is 9.59 Å². The summed E-state index contributed by atoms with van der Waals surface area (Å²) >= 11 is 4.45. The number of hydrogen-bond donors (Lipinski definition) is 1. The third kappa shape index (κ3) is 4.08. The number of methoxy groups -OCH3 is 1. The molecule has 0 saturated carbocycles. The summed E-state index contributed by atoms with van der Waals surface area (Å²) in [6.07, 6.45) is -0.808. The largest absolute Gasteiger partial charge is 0.453 e. The summed E-state index contributed by atoms with van der Waals surface area (Å²) in [5, 5.41) is 9.55. The second-order valence-electron chi connectivity index (χ2n) is 4.09. The maximum Gasteiger partial charge on any atom is 0.413 e. The number of aromatic nitrogens is 2. The molecule has 1 atom stereocenters. The normalized spacial score (nSPS) is 11.8. The molecule has 0 radical (unpaired) electrons. The first kappa shape index (κ1) is 16.5. The van der Waals surface area contributed by atoms with Gasteiger partial charge in [0.1, 0.15) is 0 Å². The molecule has 7 nitrogen and oxygen atoms in total. The second kappa shape index (κ2) is 7.41. The van der Waals surface area contributed by atoms with Gasteiger partial charge in [-0.1, -0.05) is 23.9 Å². The fourth-order valence-electron chi connectivity index (χ4n) is 1.46. The van der Waals surface area contributed by atoms with Crippen LogP contribution in [0.5, 0.6) is 0 Å². The van der Waals surface area contributed by atoms with E-state index in [1.807, 2.05) is 24.3 Å². The molecule has 2 rings (SSSR count). The zero-order valence-corrected chi connectivity index (χ0v) is 14.1. The number of carbonyl (C=O) groups excluding carboxylic acids is 2. The van der Waals surface area contributed by atoms with Crippen molar-refractivity contribution in [3.63, 3.8) is 0 Å². The maximum atomic E-state index is 11.7. The van der Waals surface area contributed by atoms with Gasteiger partial charge in [-0.15, -0.1) is 10.2 Å². The number of amides is 2. The molecule has 0 spiro atoms. The van der Waals surface area contributed by atoms with E-state index in [1.165, 1.54) is 7.11 Å². The molecular formula is C13H12BrN3O4S. The van der Waals surface area contributed by atoms with Crippen LogP contribution in [0.1, 0.15) is 6.92 Å². The minimum atomic E-state index is -0.808. The fourth-order valence-corrected chi connectivity index (χ4v) is 2.60. The third-order valence-corrected chi connectivity index (χ3v) is 4.19. The number of halogens is 1. The molecule has 0 fully saturated rings. The Hall–Kier alpha value is -1.87. The second-order valence-corrected chi connectivity index (χ2v) is 6.24. The first-order valence-electron chi connectivity index (χ1n) is 6.15. The van der Waals surface area contributed by atoms with Gasteiger partial charge in [-0.2, -0.15) is 0 Å². The summed E-state index contributed by atoms with van der Waals surface area (Å²) in [5.41, 5.74) is 0.758. The maximum absolute atomic E-state index is 11.7. The molecule has 0 aliphatic heterocycles. The minimum absolute atomic E-state index is 0.235. The third-order valence-electron chi connectivity index (χ3n) is 2.57. The van der Waals surface area contributed by atoms with Gasteiger partial charge in [-0.25, -0.2) is 4.79 Å². The highest BCUT2D eigenvalue weighted by molar-refractivity contribution is 9.10. The van der Waals surface area contributed by atoms with Gasteiger partial charge in [-0.3, -0.25) is 10.1 Å². The monoisotopic (exact) mass is 385 g/mol. The topological polar surface area (TPSA) is 94.3 Å². The van der Waals surface area contributed by atoms with E-state index in [1.54, 1.807) is 6.92 Å². The molecule has 0 saturated heterocycles. The average Bonchev–Trinajstić information content (AvgIpc) is 2.95. The number of nitrogens with zero attached hydrogens (tertiary/aromatic N) is 2. The Morgan fingerprint density at radius 1 is 1.36 bits per heavy atom. The van der Waals surface area contributed by atoms with Crippen LogP contribution in [0.25, 0.3) is 11.5 Å². The number of ether oxygens (including phenoxy) is 1. The van der Waals surface area contributed by atoms with Gasteiger partial charge in [0.05, 0.1) is 17.9 Å². The molecule has 2 aromatic rings. The van der Waals surface area contributed by atoms with Gasteiger partial charge >= 0.3 is 6.09 Å². The van der Waals surface area contributed by atoms with Gasteiger partial charge in [0, 0.05) is 4.47 Å². The van der Waals surface area contributed by atoms with Crippen molar-refractivity contribution in [2.45, 2.75) is 17.4 Å². The van der Waals surface area contributed by atoms with Crippen LogP contribution in [0.3, 0.4) is 0 Å². The minimum Gasteiger partial charge on any atom is -0.453 e. The molecule has 1 heterocycles. The molecular weight excluding hydrogens is 374 g/mol. The molecule has 1 N–H and O–H groups in total. The van der Waals surface area contributed by atoms with Crippen LogP contribution in [0.15, 0.2) is 38.4 Å². The predicted molar refractivity (Wildman–Crippen MR) is 83.3 cm³/mol. The summed E-state index contributed by atoms with van der Waals surface area (Å²) in [6.45, 7) is 1.62. The van der Waals surface area contributed by atoms with E-state index in [4.69, 9.17) is 4.42 Å². The van der Waals surface area contributed by atoms with Crippen LogP contribution < -0.4 is 5.32 Å². The van der Waals surface area contributed by atoms with Crippen LogP contribution in [0.2, 0.25) is 0 Å². The van der Waals surface area contributed by atoms with Gasteiger partial charge in [0.25, 0.3) is 5.22 Å². The van der Waals surface area contributed by atoms with E-state index in [-0.39, 0.29) is 5.22 Å². The Morgan fingerprint density at radius 2 is 2.09 bits per heavy atom. The Bertz CT molecular complexity index is 691. The highest BCUT2D eigenvalue weighted by atomic mass is 79.9. The quantitative estimate of drug-likeness (QED) is 0.808. The highest BCUT2D eigenvalue weighted by Gasteiger charge is 2.21. The van der Waals surface area contributed by atoms with E-state index in [0.29, 0.717) is 5.89 Å². The van der Waals surface area contributed by atoms with Crippen LogP contribution in [-0.4, -0.2) is 34.6 Å². The zero-order valence-electron chi connectivity index (χ0n) is 11.7. The summed E-state index contributed by atoms with van der Waals surface area (Å²) in [7, 11) is 1.18. The number of alkyl carbamates (subject to hydrolysis) is 1. The smallest absolute Gasteiger partial charge is 0.413 e. The molecule has 116 valence electrons. The lowest BCUT2D eigenvalue weighted by Gasteiger charge is -2.07. The standard InChI is InChI=1S/C13H12BrN3O4S/c1-7(10(18)15-12(19)20-2)22-13-17-16-11(21-13)8-5-3-4-6-9(8)14/h3-7H,1-2H3,(H,15,18,19)/t7-/m1/s1. The van der Waals surface area contributed by atoms with E-state index < -0.39 is 17.3 Å². The van der Waals surface area contributed by atoms with Gasteiger partial charge in [0.15, 0.2) is 0 Å². The number of hydrogen-bond acceptors (Lipinski definition) is 7. The first-order valence-corrected chi connectivity index (χ1v) is 7.82. The number of carbonyl (C=O) groups is 2. The van der Waals surface area contributed by atoms with E-state index in [0.717, 1.165) is 21.8 Å². The van der Waals surface area contributed by atoms with Crippen molar-refractivity contribution in [3.05, 3.63) is 28.7 Å². The first-order chi connectivity index (χ1) is 10.5. The molecule has 0 aliphatic carbocycles. The SMILES string of the molecule is COC(=O)NC(=O)[C@@H](C)Sc1nnc(-c2ccccc2Br)o1. The molecule has 0 bridgehead atoms. The van der Waals surface area contributed by atoms with Crippen LogP contribution in [0, 0.1) is 0 Å². The van der Waals surface area contributed by atoms with E-state index in [2.05, 4.69) is 36.2 Å². The number of benzene rings is 1. The van der Waals surface area contributed by atoms with Gasteiger partial charge in [-0.05, 0) is 35.0 Å². The van der Waals surface area contributed by atoms with E-state index >= 15 is 0 Å². The number of imide groups is 1. The lowest BCUT2D eigenvalue weighted by Crippen LogP contribution is -2.35. The van der Waals surface area contributed by atoms with Crippen molar-refractivity contribution in [1.29, 1.82) is 0 Å². The van der Waals surface area contributed by atoms with Crippen LogP contribution in [0.4, 0.5) is 4.79 Å². The lowest BCUT2D eigenvalue weighted by atomic mass is 10.2. The Balaban J connectivity index is 2.05. The number of nitrogens with one attached hydrogen (secondary N) is 1. The fraction of sp³-hybridized carbons (Fsp3) is 0.231. The molecule has 0 aliphatic rings. The predicted octanol–water partition coefficient (Wildman–Crippen LogP) is 2.86. The van der Waals surface area contributed by atoms with Crippen molar-refractivity contribution in [1.82, 2.24) is 15.5 Å². The Kier molecular flexibility index (Phi) is 5.56. The molecule has 1 aromatic heterocycles. The number of thioether (sulfide) groups is 1. The van der Waals surface area contributed by atoms with Crippen molar-refractivity contribution in [2.24, 2.45) is 0 Å². The Labute approximate surface area is 138 Å². The summed E-state index contributed by atoms with van der Waals surface area (Å²) in [4.78, 5) is 22.7. The number of rotatable bonds is 4. The zero-order chi connectivity index (χ0) is 16.1. The lowest BCUT2D eigenvalue weighted by molar-refractivity contribution is -0.119. The average molecular weight is 386 g/mol. The van der Waals surface area contributed by atoms with Crippen molar-refractivity contribution in [2.75, 3.05) is 7.11 Å². The summed E-state index contributed by atoms with van der Waals surface area (Å²) < 4.78 is 10.7. The van der Waals surface area contributed by atoms with Crippen LogP contribution >= 0.6 is 27.7 Å².